The molecule has 0 aromatic carbocycles. The van der Waals surface area contributed by atoms with E-state index in [9.17, 15) is 19.2 Å². The van der Waals surface area contributed by atoms with Crippen LogP contribution >= 0.6 is 0 Å². The first-order valence-electron chi connectivity index (χ1n) is 11.8. The highest BCUT2D eigenvalue weighted by molar-refractivity contribution is 5.81. The number of fused-ring (bicyclic) bond motifs is 1. The summed E-state index contributed by atoms with van der Waals surface area (Å²) in [6, 6.07) is -0.184. The molecule has 0 N–H and O–H groups in total. The van der Waals surface area contributed by atoms with Gasteiger partial charge in [0.25, 0.3) is 0 Å². The van der Waals surface area contributed by atoms with Crippen molar-refractivity contribution in [2.45, 2.75) is 78.7 Å². The Kier molecular flexibility index (Phi) is 7.83. The maximum atomic E-state index is 13.1. The Balaban J connectivity index is 1.51. The third-order valence-corrected chi connectivity index (χ3v) is 6.01. The van der Waals surface area contributed by atoms with Crippen LogP contribution in [0, 0.1) is 0 Å². The van der Waals surface area contributed by atoms with E-state index in [0.717, 1.165) is 5.69 Å². The van der Waals surface area contributed by atoms with Gasteiger partial charge in [-0.15, -0.1) is 0 Å². The number of imidazole rings is 1. The molecular weight excluding hydrogens is 442 g/mol. The molecule has 11 heteroatoms. The minimum atomic E-state index is -0.544. The SMILES string of the molecule is CCN(CCC(=O)OCc1ncc2n1C(=O)N(C1CCN(C(=O)OC(C)(C)C)CC1)C2)C(C)=O. The summed E-state index contributed by atoms with van der Waals surface area (Å²) in [5, 5.41) is 0. The van der Waals surface area contributed by atoms with Crippen molar-refractivity contribution in [3.8, 4) is 0 Å². The Morgan fingerprint density at radius 1 is 1.21 bits per heavy atom. The van der Waals surface area contributed by atoms with Crippen LogP contribution in [0.4, 0.5) is 9.59 Å². The van der Waals surface area contributed by atoms with Crippen LogP contribution in [0.1, 0.15) is 65.4 Å². The lowest BCUT2D eigenvalue weighted by Gasteiger charge is -2.36. The second-order valence-electron chi connectivity index (χ2n) is 9.62. The molecule has 1 saturated heterocycles. The summed E-state index contributed by atoms with van der Waals surface area (Å²) in [7, 11) is 0. The Morgan fingerprint density at radius 3 is 2.47 bits per heavy atom. The molecule has 1 aromatic heterocycles. The first-order valence-corrected chi connectivity index (χ1v) is 11.8. The highest BCUT2D eigenvalue weighted by atomic mass is 16.6. The number of aromatic nitrogens is 2. The van der Waals surface area contributed by atoms with E-state index in [2.05, 4.69) is 4.98 Å². The molecule has 1 aromatic rings. The summed E-state index contributed by atoms with van der Waals surface area (Å²) in [4.78, 5) is 58.3. The predicted molar refractivity (Wildman–Crippen MR) is 122 cm³/mol. The van der Waals surface area contributed by atoms with Crippen LogP contribution in [0.3, 0.4) is 0 Å². The predicted octanol–water partition coefficient (Wildman–Crippen LogP) is 2.37. The average Bonchev–Trinajstić information content (AvgIpc) is 3.31. The molecule has 188 valence electrons. The molecule has 11 nitrogen and oxygen atoms in total. The largest absolute Gasteiger partial charge is 0.457 e. The zero-order valence-electron chi connectivity index (χ0n) is 20.7. The maximum Gasteiger partial charge on any atom is 0.410 e. The van der Waals surface area contributed by atoms with Crippen molar-refractivity contribution >= 4 is 24.0 Å². The molecule has 3 rings (SSSR count). The quantitative estimate of drug-likeness (QED) is 0.554. The summed E-state index contributed by atoms with van der Waals surface area (Å²) in [5.41, 5.74) is 0.206. The summed E-state index contributed by atoms with van der Waals surface area (Å²) < 4.78 is 12.2. The third-order valence-electron chi connectivity index (χ3n) is 6.01. The highest BCUT2D eigenvalue weighted by Gasteiger charge is 2.37. The van der Waals surface area contributed by atoms with Gasteiger partial charge in [0.15, 0.2) is 5.82 Å². The molecule has 2 aliphatic heterocycles. The summed E-state index contributed by atoms with van der Waals surface area (Å²) in [6.45, 7) is 11.0. The molecule has 1 fully saturated rings. The van der Waals surface area contributed by atoms with Gasteiger partial charge in [-0.25, -0.2) is 19.1 Å². The van der Waals surface area contributed by atoms with Gasteiger partial charge in [0.1, 0.15) is 12.2 Å². The number of rotatable bonds is 7. The second-order valence-corrected chi connectivity index (χ2v) is 9.62. The van der Waals surface area contributed by atoms with Crippen molar-refractivity contribution in [3.63, 3.8) is 0 Å². The minimum absolute atomic E-state index is 0.00750. The summed E-state index contributed by atoms with van der Waals surface area (Å²) in [5.74, 6) is -0.168. The molecule has 0 spiro atoms. The van der Waals surface area contributed by atoms with Crippen molar-refractivity contribution in [1.29, 1.82) is 0 Å². The first-order chi connectivity index (χ1) is 16.0. The molecular formula is C23H35N5O6. The average molecular weight is 478 g/mol. The van der Waals surface area contributed by atoms with Gasteiger partial charge >= 0.3 is 18.1 Å². The van der Waals surface area contributed by atoms with Gasteiger partial charge in [-0.3, -0.25) is 9.59 Å². The third kappa shape index (κ3) is 6.06. The highest BCUT2D eigenvalue weighted by Crippen LogP contribution is 2.27. The van der Waals surface area contributed by atoms with Gasteiger partial charge in [-0.05, 0) is 40.5 Å². The molecule has 0 bridgehead atoms. The summed E-state index contributed by atoms with van der Waals surface area (Å²) >= 11 is 0. The second kappa shape index (κ2) is 10.4. The number of piperidine rings is 1. The van der Waals surface area contributed by atoms with Gasteiger partial charge < -0.3 is 24.2 Å². The van der Waals surface area contributed by atoms with Crippen molar-refractivity contribution in [3.05, 3.63) is 17.7 Å². The molecule has 34 heavy (non-hydrogen) atoms. The van der Waals surface area contributed by atoms with Crippen molar-refractivity contribution in [2.24, 2.45) is 0 Å². The normalized spacial score (nSPS) is 16.4. The van der Waals surface area contributed by atoms with Gasteiger partial charge in [0.05, 0.1) is 24.9 Å². The Bertz CT molecular complexity index is 929. The zero-order chi connectivity index (χ0) is 25.0. The molecule has 0 atom stereocenters. The van der Waals surface area contributed by atoms with Crippen LogP contribution < -0.4 is 0 Å². The topological polar surface area (TPSA) is 114 Å². The Labute approximate surface area is 200 Å². The van der Waals surface area contributed by atoms with E-state index >= 15 is 0 Å². The van der Waals surface area contributed by atoms with Gasteiger partial charge in [-0.2, -0.15) is 0 Å². The number of carbonyl (C=O) groups is 4. The minimum Gasteiger partial charge on any atom is -0.457 e. The smallest absolute Gasteiger partial charge is 0.410 e. The molecule has 3 amide bonds. The molecule has 2 aliphatic rings. The fourth-order valence-corrected chi connectivity index (χ4v) is 4.20. The Morgan fingerprint density at radius 2 is 1.88 bits per heavy atom. The van der Waals surface area contributed by atoms with Crippen LogP contribution in [0.15, 0.2) is 6.20 Å². The number of likely N-dealkylation sites (tertiary alicyclic amines) is 1. The number of esters is 1. The van der Waals surface area contributed by atoms with Crippen molar-refractivity contribution in [2.75, 3.05) is 26.2 Å². The van der Waals surface area contributed by atoms with E-state index in [4.69, 9.17) is 9.47 Å². The molecule has 0 radical (unpaired) electrons. The Hall–Kier alpha value is -3.11. The fraction of sp³-hybridized carbons (Fsp3) is 0.696. The molecule has 0 saturated carbocycles. The number of amides is 3. The maximum absolute atomic E-state index is 13.1. The number of hydrogen-bond donors (Lipinski definition) is 0. The molecule has 0 unspecified atom stereocenters. The van der Waals surface area contributed by atoms with E-state index in [1.807, 2.05) is 27.7 Å². The number of carbonyl (C=O) groups excluding carboxylic acids is 4. The first kappa shape index (κ1) is 25.5. The lowest BCUT2D eigenvalue weighted by molar-refractivity contribution is -0.146. The van der Waals surface area contributed by atoms with Gasteiger partial charge in [-0.1, -0.05) is 0 Å². The summed E-state index contributed by atoms with van der Waals surface area (Å²) in [6.07, 6.45) is 2.71. The monoisotopic (exact) mass is 477 g/mol. The van der Waals surface area contributed by atoms with Gasteiger partial charge in [0, 0.05) is 39.1 Å². The van der Waals surface area contributed by atoms with E-state index in [1.54, 1.807) is 20.9 Å². The lowest BCUT2D eigenvalue weighted by atomic mass is 10.0. The molecule has 0 aliphatic carbocycles. The van der Waals surface area contributed by atoms with Crippen LogP contribution in [-0.4, -0.2) is 86.1 Å². The van der Waals surface area contributed by atoms with E-state index in [1.165, 1.54) is 11.5 Å². The number of hydrogen-bond acceptors (Lipinski definition) is 7. The van der Waals surface area contributed by atoms with Crippen LogP contribution in [-0.2, 0) is 32.2 Å². The molecule has 3 heterocycles. The van der Waals surface area contributed by atoms with Crippen LogP contribution in [0.2, 0.25) is 0 Å². The van der Waals surface area contributed by atoms with Crippen molar-refractivity contribution in [1.82, 2.24) is 24.3 Å². The van der Waals surface area contributed by atoms with Crippen molar-refractivity contribution < 1.29 is 28.7 Å². The van der Waals surface area contributed by atoms with E-state index in [0.29, 0.717) is 51.4 Å². The number of nitrogens with zero attached hydrogens (tertiary/aromatic N) is 5. The number of ether oxygens (including phenoxy) is 2. The standard InChI is InChI=1S/C23H35N5O6/c1-6-25(16(2)29)12-9-20(30)33-15-19-24-13-18-14-27(21(31)28(18)19)17-7-10-26(11-8-17)22(32)34-23(3,4)5/h13,17H,6-12,14-15H2,1-5H3. The lowest BCUT2D eigenvalue weighted by Crippen LogP contribution is -2.48. The van der Waals surface area contributed by atoms with E-state index in [-0.39, 0.29) is 37.1 Å². The van der Waals surface area contributed by atoms with Gasteiger partial charge in [0.2, 0.25) is 5.91 Å². The van der Waals surface area contributed by atoms with E-state index < -0.39 is 11.6 Å². The fourth-order valence-electron chi connectivity index (χ4n) is 4.20. The van der Waals surface area contributed by atoms with Crippen LogP contribution in [0.5, 0.6) is 0 Å². The zero-order valence-corrected chi connectivity index (χ0v) is 20.7. The van der Waals surface area contributed by atoms with Crippen LogP contribution in [0.25, 0.3) is 0 Å².